The monoisotopic (exact) mass is 375 g/mol. The van der Waals surface area contributed by atoms with Crippen LogP contribution in [0.25, 0.3) is 0 Å². The molecule has 0 aliphatic carbocycles. The minimum atomic E-state index is -0.967. The number of esters is 1. The lowest BCUT2D eigenvalue weighted by atomic mass is 9.92. The van der Waals surface area contributed by atoms with E-state index < -0.39 is 17.7 Å². The molecule has 0 N–H and O–H groups in total. The standard InChI is InChI=1S/C18H17NO4S2/c1-2-23-17(22)13-11-19(10-12-6-4-3-5-7-12)16(21)14(15(13)20)18-24-8-9-25-18/h3-9,13H,2,10-11H2,1H3. The van der Waals surface area contributed by atoms with Crippen LogP contribution in [0.15, 0.2) is 51.0 Å². The fourth-order valence-electron chi connectivity index (χ4n) is 2.70. The summed E-state index contributed by atoms with van der Waals surface area (Å²) in [4.78, 5) is 39.5. The Morgan fingerprint density at radius 2 is 1.88 bits per heavy atom. The highest BCUT2D eigenvalue weighted by Gasteiger charge is 2.43. The highest BCUT2D eigenvalue weighted by Crippen LogP contribution is 2.42. The maximum atomic E-state index is 12.9. The molecule has 1 atom stereocenters. The third-order valence-electron chi connectivity index (χ3n) is 3.86. The summed E-state index contributed by atoms with van der Waals surface area (Å²) in [6.45, 7) is 2.30. The fraction of sp³-hybridized carbons (Fsp3) is 0.278. The molecule has 5 nitrogen and oxygen atoms in total. The number of thioether (sulfide) groups is 2. The lowest BCUT2D eigenvalue weighted by Crippen LogP contribution is -2.49. The molecule has 130 valence electrons. The number of ketones is 1. The van der Waals surface area contributed by atoms with Crippen LogP contribution >= 0.6 is 23.5 Å². The van der Waals surface area contributed by atoms with Crippen molar-refractivity contribution in [3.63, 3.8) is 0 Å². The van der Waals surface area contributed by atoms with Gasteiger partial charge < -0.3 is 9.64 Å². The summed E-state index contributed by atoms with van der Waals surface area (Å²) in [5.41, 5.74) is 1.04. The van der Waals surface area contributed by atoms with E-state index in [2.05, 4.69) is 0 Å². The summed E-state index contributed by atoms with van der Waals surface area (Å²) in [7, 11) is 0. The summed E-state index contributed by atoms with van der Waals surface area (Å²) in [5.74, 6) is -2.30. The quantitative estimate of drug-likeness (QED) is 0.349. The zero-order chi connectivity index (χ0) is 17.8. The van der Waals surface area contributed by atoms with Gasteiger partial charge in [-0.1, -0.05) is 53.9 Å². The van der Waals surface area contributed by atoms with E-state index >= 15 is 0 Å². The molecule has 2 aliphatic heterocycles. The molecule has 0 spiro atoms. The van der Waals surface area contributed by atoms with Crippen molar-refractivity contribution in [2.45, 2.75) is 13.5 Å². The van der Waals surface area contributed by atoms with Crippen molar-refractivity contribution in [2.24, 2.45) is 5.92 Å². The molecule has 1 unspecified atom stereocenters. The third kappa shape index (κ3) is 3.82. The van der Waals surface area contributed by atoms with E-state index in [0.29, 0.717) is 10.8 Å². The number of Topliss-reactive ketones (excluding diaryl/α,β-unsaturated/α-hetero) is 1. The van der Waals surface area contributed by atoms with Gasteiger partial charge in [0.15, 0.2) is 5.78 Å². The van der Waals surface area contributed by atoms with Crippen LogP contribution in [0, 0.1) is 5.92 Å². The lowest BCUT2D eigenvalue weighted by Gasteiger charge is -2.32. The number of piperidine rings is 1. The van der Waals surface area contributed by atoms with Crippen LogP contribution in [0.1, 0.15) is 12.5 Å². The topological polar surface area (TPSA) is 63.7 Å². The van der Waals surface area contributed by atoms with Crippen molar-refractivity contribution in [3.8, 4) is 0 Å². The van der Waals surface area contributed by atoms with Crippen LogP contribution in [-0.2, 0) is 25.7 Å². The van der Waals surface area contributed by atoms with Crippen molar-refractivity contribution in [3.05, 3.63) is 56.5 Å². The number of hydrogen-bond donors (Lipinski definition) is 0. The number of carbonyl (C=O) groups excluding carboxylic acids is 3. The van der Waals surface area contributed by atoms with Crippen molar-refractivity contribution in [1.29, 1.82) is 0 Å². The maximum Gasteiger partial charge on any atom is 0.318 e. The van der Waals surface area contributed by atoms with Crippen LogP contribution in [0.4, 0.5) is 0 Å². The van der Waals surface area contributed by atoms with Gasteiger partial charge in [0.1, 0.15) is 11.5 Å². The fourth-order valence-corrected chi connectivity index (χ4v) is 4.56. The molecule has 1 aromatic carbocycles. The Morgan fingerprint density at radius 3 is 2.52 bits per heavy atom. The largest absolute Gasteiger partial charge is 0.465 e. The second-order valence-corrected chi connectivity index (χ2v) is 7.60. The summed E-state index contributed by atoms with van der Waals surface area (Å²) >= 11 is 2.67. The first-order valence-electron chi connectivity index (χ1n) is 7.88. The molecule has 2 heterocycles. The minimum Gasteiger partial charge on any atom is -0.465 e. The van der Waals surface area contributed by atoms with E-state index in [-0.39, 0.29) is 24.6 Å². The van der Waals surface area contributed by atoms with Crippen molar-refractivity contribution >= 4 is 41.2 Å². The van der Waals surface area contributed by atoms with E-state index in [0.717, 1.165) is 5.56 Å². The van der Waals surface area contributed by atoms with Gasteiger partial charge in [-0.25, -0.2) is 0 Å². The molecule has 7 heteroatoms. The Bertz CT molecular complexity index is 748. The number of likely N-dealkylation sites (tertiary alicyclic amines) is 1. The van der Waals surface area contributed by atoms with Gasteiger partial charge in [-0.15, -0.1) is 0 Å². The summed E-state index contributed by atoms with van der Waals surface area (Å²) in [6, 6.07) is 9.51. The molecule has 3 rings (SSSR count). The average Bonchev–Trinajstić information content (AvgIpc) is 3.13. The number of hydrogen-bond acceptors (Lipinski definition) is 6. The van der Waals surface area contributed by atoms with Gasteiger partial charge in [-0.3, -0.25) is 14.4 Å². The predicted octanol–water partition coefficient (Wildman–Crippen LogP) is 2.94. The Hall–Kier alpha value is -1.99. The molecule has 25 heavy (non-hydrogen) atoms. The van der Waals surface area contributed by atoms with Crippen molar-refractivity contribution < 1.29 is 19.1 Å². The van der Waals surface area contributed by atoms with Crippen LogP contribution in [0.5, 0.6) is 0 Å². The normalized spacial score (nSPS) is 20.4. The average molecular weight is 375 g/mol. The van der Waals surface area contributed by atoms with E-state index in [9.17, 15) is 14.4 Å². The van der Waals surface area contributed by atoms with E-state index in [1.54, 1.807) is 11.8 Å². The second kappa shape index (κ2) is 7.93. The highest BCUT2D eigenvalue weighted by atomic mass is 32.2. The number of carbonyl (C=O) groups is 3. The molecule has 1 amide bonds. The summed E-state index contributed by atoms with van der Waals surface area (Å²) in [6.07, 6.45) is 0. The number of rotatable bonds is 4. The van der Waals surface area contributed by atoms with Gasteiger partial charge in [0, 0.05) is 13.1 Å². The van der Waals surface area contributed by atoms with Crippen LogP contribution < -0.4 is 0 Å². The lowest BCUT2D eigenvalue weighted by molar-refractivity contribution is -0.154. The Kier molecular flexibility index (Phi) is 5.65. The molecule has 1 aromatic rings. The molecule has 0 radical (unpaired) electrons. The van der Waals surface area contributed by atoms with E-state index in [4.69, 9.17) is 4.74 Å². The van der Waals surface area contributed by atoms with Crippen molar-refractivity contribution in [1.82, 2.24) is 4.90 Å². The van der Waals surface area contributed by atoms with Gasteiger partial charge >= 0.3 is 5.97 Å². The first-order valence-corrected chi connectivity index (χ1v) is 9.64. The smallest absolute Gasteiger partial charge is 0.318 e. The molecule has 0 saturated carbocycles. The zero-order valence-corrected chi connectivity index (χ0v) is 15.3. The van der Waals surface area contributed by atoms with E-state index in [1.807, 2.05) is 41.1 Å². The van der Waals surface area contributed by atoms with E-state index in [1.165, 1.54) is 23.5 Å². The maximum absolute atomic E-state index is 12.9. The molecule has 1 saturated heterocycles. The Morgan fingerprint density at radius 1 is 1.20 bits per heavy atom. The van der Waals surface area contributed by atoms with Gasteiger partial charge in [0.05, 0.1) is 10.8 Å². The first kappa shape index (κ1) is 17.8. The molecule has 1 fully saturated rings. The van der Waals surface area contributed by atoms with Crippen LogP contribution in [0.3, 0.4) is 0 Å². The van der Waals surface area contributed by atoms with Gasteiger partial charge in [0.2, 0.25) is 0 Å². The molecule has 2 aliphatic rings. The van der Waals surface area contributed by atoms with Gasteiger partial charge in [0.25, 0.3) is 5.91 Å². The zero-order valence-electron chi connectivity index (χ0n) is 13.6. The Balaban J connectivity index is 1.92. The molecule has 0 bridgehead atoms. The summed E-state index contributed by atoms with van der Waals surface area (Å²) < 4.78 is 5.67. The van der Waals surface area contributed by atoms with Gasteiger partial charge in [-0.05, 0) is 23.3 Å². The molecule has 0 aromatic heterocycles. The number of ether oxygens (including phenoxy) is 1. The highest BCUT2D eigenvalue weighted by molar-refractivity contribution is 8.27. The van der Waals surface area contributed by atoms with Gasteiger partial charge in [-0.2, -0.15) is 0 Å². The third-order valence-corrected chi connectivity index (χ3v) is 5.99. The Labute approximate surface area is 154 Å². The SMILES string of the molecule is CCOC(=O)C1CN(Cc2ccccc2)C(=O)C(=C2SC=CS2)C1=O. The first-order chi connectivity index (χ1) is 12.1. The number of benzene rings is 1. The van der Waals surface area contributed by atoms with Crippen molar-refractivity contribution in [2.75, 3.05) is 13.2 Å². The number of amides is 1. The molecular weight excluding hydrogens is 358 g/mol. The number of nitrogens with zero attached hydrogens (tertiary/aromatic N) is 1. The summed E-state index contributed by atoms with van der Waals surface area (Å²) in [5, 5.41) is 3.64. The van der Waals surface area contributed by atoms with Crippen LogP contribution in [0.2, 0.25) is 0 Å². The minimum absolute atomic E-state index is 0.0466. The van der Waals surface area contributed by atoms with Crippen LogP contribution in [-0.4, -0.2) is 35.7 Å². The molecular formula is C18H17NO4S2. The second-order valence-electron chi connectivity index (χ2n) is 5.51. The predicted molar refractivity (Wildman–Crippen MR) is 98.3 cm³/mol.